The van der Waals surface area contributed by atoms with Gasteiger partial charge in [-0.05, 0) is 19.9 Å². The summed E-state index contributed by atoms with van der Waals surface area (Å²) in [5.74, 6) is -0.0531. The maximum Gasteiger partial charge on any atom is 0.243 e. The molecule has 0 atom stereocenters. The molecule has 0 bridgehead atoms. The number of carbonyl (C=O) groups is 1. The van der Waals surface area contributed by atoms with Gasteiger partial charge in [0.25, 0.3) is 0 Å². The van der Waals surface area contributed by atoms with E-state index < -0.39 is 0 Å². The lowest BCUT2D eigenvalue weighted by atomic mass is 10.4. The summed E-state index contributed by atoms with van der Waals surface area (Å²) < 4.78 is 0. The predicted molar refractivity (Wildman–Crippen MR) is 51.8 cm³/mol. The van der Waals surface area contributed by atoms with Crippen molar-refractivity contribution < 1.29 is 4.79 Å². The maximum atomic E-state index is 10.8. The van der Waals surface area contributed by atoms with Crippen LogP contribution >= 0.6 is 0 Å². The van der Waals surface area contributed by atoms with Crippen LogP contribution in [0.4, 0.5) is 0 Å². The van der Waals surface area contributed by atoms with Crippen LogP contribution in [0.15, 0.2) is 36.5 Å². The second-order valence-electron chi connectivity index (χ2n) is 2.20. The van der Waals surface area contributed by atoms with Gasteiger partial charge in [0, 0.05) is 6.54 Å². The molecule has 2 nitrogen and oxygen atoms in total. The van der Waals surface area contributed by atoms with Crippen LogP contribution in [0.5, 0.6) is 0 Å². The summed E-state index contributed by atoms with van der Waals surface area (Å²) in [5.41, 5.74) is 0. The molecule has 0 rings (SSSR count). The topological polar surface area (TPSA) is 29.1 Å². The van der Waals surface area contributed by atoms with Crippen LogP contribution in [-0.4, -0.2) is 12.5 Å². The van der Waals surface area contributed by atoms with Crippen molar-refractivity contribution in [2.24, 2.45) is 0 Å². The van der Waals surface area contributed by atoms with E-state index >= 15 is 0 Å². The minimum atomic E-state index is -0.0531. The summed E-state index contributed by atoms with van der Waals surface area (Å²) >= 11 is 0. The van der Waals surface area contributed by atoms with Gasteiger partial charge in [-0.1, -0.05) is 30.4 Å². The highest BCUT2D eigenvalue weighted by Crippen LogP contribution is 1.76. The molecule has 0 saturated heterocycles. The lowest BCUT2D eigenvalue weighted by Gasteiger charge is -1.93. The zero-order chi connectivity index (χ0) is 9.23. The van der Waals surface area contributed by atoms with Gasteiger partial charge in [-0.25, -0.2) is 0 Å². The van der Waals surface area contributed by atoms with Crippen molar-refractivity contribution in [1.82, 2.24) is 5.32 Å². The highest BCUT2D eigenvalue weighted by Gasteiger charge is 1.87. The van der Waals surface area contributed by atoms with Crippen LogP contribution in [0.25, 0.3) is 0 Å². The largest absolute Gasteiger partial charge is 0.349 e. The van der Waals surface area contributed by atoms with Crippen molar-refractivity contribution >= 4 is 5.91 Å². The van der Waals surface area contributed by atoms with Crippen LogP contribution in [-0.2, 0) is 4.79 Å². The predicted octanol–water partition coefficient (Wildman–Crippen LogP) is 1.81. The lowest BCUT2D eigenvalue weighted by Crippen LogP contribution is -2.20. The van der Waals surface area contributed by atoms with Gasteiger partial charge >= 0.3 is 0 Å². The van der Waals surface area contributed by atoms with Gasteiger partial charge in [-0.3, -0.25) is 4.79 Å². The minimum absolute atomic E-state index is 0.0531. The first kappa shape index (κ1) is 10.7. The number of rotatable bonds is 4. The van der Waals surface area contributed by atoms with Crippen LogP contribution in [0.2, 0.25) is 0 Å². The van der Waals surface area contributed by atoms with Crippen LogP contribution < -0.4 is 5.32 Å². The van der Waals surface area contributed by atoms with Crippen molar-refractivity contribution in [2.45, 2.75) is 13.8 Å². The van der Waals surface area contributed by atoms with E-state index in [1.165, 1.54) is 6.08 Å². The third kappa shape index (κ3) is 6.81. The number of hydrogen-bond acceptors (Lipinski definition) is 1. The molecule has 0 fully saturated rings. The Kier molecular flexibility index (Phi) is 6.94. The molecule has 0 saturated carbocycles. The zero-order valence-electron chi connectivity index (χ0n) is 7.58. The first-order chi connectivity index (χ1) is 5.81. The highest BCUT2D eigenvalue weighted by atomic mass is 16.1. The molecule has 0 aromatic carbocycles. The molecule has 0 aromatic rings. The Bertz CT molecular complexity index is 202. The van der Waals surface area contributed by atoms with Gasteiger partial charge < -0.3 is 5.32 Å². The van der Waals surface area contributed by atoms with E-state index in [2.05, 4.69) is 5.32 Å². The van der Waals surface area contributed by atoms with Crippen LogP contribution in [0, 0.1) is 0 Å². The fraction of sp³-hybridized carbons (Fsp3) is 0.300. The van der Waals surface area contributed by atoms with Gasteiger partial charge in [0.05, 0.1) is 0 Å². The number of amides is 1. The third-order valence-corrected chi connectivity index (χ3v) is 1.15. The molecule has 0 aliphatic rings. The zero-order valence-corrected chi connectivity index (χ0v) is 7.58. The number of carbonyl (C=O) groups excluding carboxylic acids is 1. The Morgan fingerprint density at radius 1 is 1.25 bits per heavy atom. The van der Waals surface area contributed by atoms with E-state index in [1.54, 1.807) is 6.08 Å². The number of hydrogen-bond donors (Lipinski definition) is 1. The average Bonchev–Trinajstić information content (AvgIpc) is 2.05. The van der Waals surface area contributed by atoms with E-state index in [9.17, 15) is 4.79 Å². The summed E-state index contributed by atoms with van der Waals surface area (Å²) in [7, 11) is 0. The Labute approximate surface area is 73.7 Å². The third-order valence-electron chi connectivity index (χ3n) is 1.15. The summed E-state index contributed by atoms with van der Waals surface area (Å²) in [5, 5.41) is 2.70. The molecule has 0 spiro atoms. The van der Waals surface area contributed by atoms with E-state index in [-0.39, 0.29) is 5.91 Å². The van der Waals surface area contributed by atoms with Crippen molar-refractivity contribution in [3.05, 3.63) is 36.5 Å². The van der Waals surface area contributed by atoms with Gasteiger partial charge in [-0.15, -0.1) is 0 Å². The van der Waals surface area contributed by atoms with Crippen LogP contribution in [0.1, 0.15) is 13.8 Å². The fourth-order valence-electron chi connectivity index (χ4n) is 0.628. The normalized spacial score (nSPS) is 11.8. The van der Waals surface area contributed by atoms with E-state index in [1.807, 2.05) is 38.2 Å². The molecular weight excluding hydrogens is 150 g/mol. The maximum absolute atomic E-state index is 10.8. The first-order valence-electron chi connectivity index (χ1n) is 3.99. The molecule has 12 heavy (non-hydrogen) atoms. The molecule has 0 aliphatic heterocycles. The van der Waals surface area contributed by atoms with E-state index in [4.69, 9.17) is 0 Å². The molecular formula is C10H15NO. The summed E-state index contributed by atoms with van der Waals surface area (Å²) in [4.78, 5) is 10.8. The summed E-state index contributed by atoms with van der Waals surface area (Å²) in [6.07, 6.45) is 10.9. The van der Waals surface area contributed by atoms with Crippen molar-refractivity contribution in [2.75, 3.05) is 6.54 Å². The smallest absolute Gasteiger partial charge is 0.243 e. The lowest BCUT2D eigenvalue weighted by molar-refractivity contribution is -0.116. The van der Waals surface area contributed by atoms with Gasteiger partial charge in [-0.2, -0.15) is 0 Å². The highest BCUT2D eigenvalue weighted by molar-refractivity contribution is 5.87. The molecule has 0 aromatic heterocycles. The fourth-order valence-corrected chi connectivity index (χ4v) is 0.628. The van der Waals surface area contributed by atoms with Crippen molar-refractivity contribution in [3.63, 3.8) is 0 Å². The Morgan fingerprint density at radius 2 is 2.00 bits per heavy atom. The molecule has 66 valence electrons. The van der Waals surface area contributed by atoms with E-state index in [0.717, 1.165) is 0 Å². The quantitative estimate of drug-likeness (QED) is 0.499. The number of nitrogens with one attached hydrogen (secondary N) is 1. The molecule has 0 heterocycles. The van der Waals surface area contributed by atoms with E-state index in [0.29, 0.717) is 6.54 Å². The minimum Gasteiger partial charge on any atom is -0.349 e. The molecule has 0 unspecified atom stereocenters. The van der Waals surface area contributed by atoms with Gasteiger partial charge in [0.2, 0.25) is 5.91 Å². The standard InChI is InChI=1S/C10H15NO/c1-3-5-6-7-9-11-10(12)8-4-2/h3-8H,9H2,1-2H3,(H,11,12)/b5-3+,7-6+,8-4-. The summed E-state index contributed by atoms with van der Waals surface area (Å²) in [6.45, 7) is 4.34. The molecule has 1 N–H and O–H groups in total. The average molecular weight is 165 g/mol. The molecule has 0 aliphatic carbocycles. The second-order valence-corrected chi connectivity index (χ2v) is 2.20. The molecule has 0 radical (unpaired) electrons. The summed E-state index contributed by atoms with van der Waals surface area (Å²) in [6, 6.07) is 0. The Hall–Kier alpha value is -1.31. The Balaban J connectivity index is 3.49. The first-order valence-corrected chi connectivity index (χ1v) is 3.99. The second kappa shape index (κ2) is 7.79. The molecule has 2 heteroatoms. The SMILES string of the molecule is C/C=C\C(=O)NC/C=C/C=C/C. The molecule has 1 amide bonds. The monoisotopic (exact) mass is 165 g/mol. The van der Waals surface area contributed by atoms with Crippen LogP contribution in [0.3, 0.4) is 0 Å². The number of allylic oxidation sites excluding steroid dienone is 4. The van der Waals surface area contributed by atoms with Gasteiger partial charge in [0.1, 0.15) is 0 Å². The Morgan fingerprint density at radius 3 is 2.58 bits per heavy atom. The van der Waals surface area contributed by atoms with Gasteiger partial charge in [0.15, 0.2) is 0 Å². The van der Waals surface area contributed by atoms with Crippen molar-refractivity contribution in [3.8, 4) is 0 Å². The van der Waals surface area contributed by atoms with Crippen molar-refractivity contribution in [1.29, 1.82) is 0 Å².